The first-order valence-electron chi connectivity index (χ1n) is 3.83. The molecule has 60 valence electrons. The molecule has 0 spiro atoms. The minimum atomic E-state index is 0. The highest BCUT2D eigenvalue weighted by Crippen LogP contribution is 1.88. The van der Waals surface area contributed by atoms with Gasteiger partial charge < -0.3 is 0 Å². The maximum atomic E-state index is 2.21. The van der Waals surface area contributed by atoms with E-state index in [1.165, 1.54) is 25.7 Å². The van der Waals surface area contributed by atoms with Crippen LogP contribution in [0, 0.1) is 0 Å². The van der Waals surface area contributed by atoms with Gasteiger partial charge in [0.1, 0.15) is 0 Å². The first-order chi connectivity index (χ1) is 3.83. The van der Waals surface area contributed by atoms with Crippen LogP contribution < -0.4 is 0 Å². The van der Waals surface area contributed by atoms with E-state index in [9.17, 15) is 0 Å². The van der Waals surface area contributed by atoms with Crippen LogP contribution in [0.4, 0.5) is 0 Å². The average Bonchev–Trinajstić information content (AvgIpc) is 1.71. The normalized spacial score (nSPS) is 6.67. The van der Waals surface area contributed by atoms with Crippen molar-refractivity contribution < 1.29 is 0 Å². The lowest BCUT2D eigenvalue weighted by Crippen LogP contribution is -1.59. The van der Waals surface area contributed by atoms with Crippen molar-refractivity contribution in [1.29, 1.82) is 0 Å². The molecule has 0 aromatic heterocycles. The van der Waals surface area contributed by atoms with Crippen molar-refractivity contribution in [2.45, 2.75) is 53.4 Å². The molecule has 0 aromatic carbocycles. The lowest BCUT2D eigenvalue weighted by Gasteiger charge is -1.79. The number of hydrogen-bond donors (Lipinski definition) is 0. The van der Waals surface area contributed by atoms with E-state index in [1.54, 1.807) is 0 Å². The molecular weight excluding hydrogens is 127 g/mol. The molecule has 0 aliphatic rings. The molecule has 1 heteroatoms. The van der Waals surface area contributed by atoms with E-state index in [0.717, 1.165) is 0 Å². The van der Waals surface area contributed by atoms with Gasteiger partial charge in [-0.15, -0.1) is 0 Å². The van der Waals surface area contributed by atoms with E-state index in [0.29, 0.717) is 0 Å². The molecular formula is C8H23P. The molecule has 0 saturated heterocycles. The monoisotopic (exact) mass is 150 g/mol. The van der Waals surface area contributed by atoms with Gasteiger partial charge >= 0.3 is 0 Å². The molecule has 1 atom stereocenters. The topological polar surface area (TPSA) is 0 Å². The molecule has 9 heavy (non-hydrogen) atoms. The van der Waals surface area contributed by atoms with Gasteiger partial charge in [-0.3, -0.25) is 0 Å². The van der Waals surface area contributed by atoms with Gasteiger partial charge in [0.15, 0.2) is 0 Å². The smallest absolute Gasteiger partial charge is 0.0538 e. The second-order valence-corrected chi connectivity index (χ2v) is 2.06. The van der Waals surface area contributed by atoms with Crippen molar-refractivity contribution in [3.63, 3.8) is 0 Å². The molecule has 0 aromatic rings. The molecule has 0 heterocycles. The fourth-order valence-electron chi connectivity index (χ4n) is 0.354. The Morgan fingerprint density at radius 3 is 1.00 bits per heavy atom. The highest BCUT2D eigenvalue weighted by molar-refractivity contribution is 6.92. The van der Waals surface area contributed by atoms with Crippen molar-refractivity contribution >= 4 is 9.90 Å². The zero-order valence-electron chi connectivity index (χ0n) is 7.54. The van der Waals surface area contributed by atoms with Crippen LogP contribution in [0.2, 0.25) is 0 Å². The van der Waals surface area contributed by atoms with Gasteiger partial charge in [0.25, 0.3) is 0 Å². The largest absolute Gasteiger partial charge is 0.153 e. The van der Waals surface area contributed by atoms with Crippen molar-refractivity contribution in [3.05, 3.63) is 0 Å². The van der Waals surface area contributed by atoms with Crippen LogP contribution in [-0.4, -0.2) is 0 Å². The number of rotatable bonds is 2. The molecule has 0 saturated carbocycles. The fraction of sp³-hybridized carbons (Fsp3) is 1.00. The Hall–Kier alpha value is 0.430. The van der Waals surface area contributed by atoms with Crippen LogP contribution >= 0.6 is 9.90 Å². The van der Waals surface area contributed by atoms with Crippen molar-refractivity contribution in [2.75, 3.05) is 0 Å². The van der Waals surface area contributed by atoms with E-state index >= 15 is 0 Å². The first kappa shape index (κ1) is 16.2. The van der Waals surface area contributed by atoms with Crippen LogP contribution in [0.25, 0.3) is 0 Å². The average molecular weight is 150 g/mol. The molecule has 0 radical (unpaired) electrons. The standard InChI is InChI=1S/C5H12.C3H8.H3P/c1-3-5-4-2;1-3-2;/h3-5H2,1-2H3;3H2,1-2H3;1H3. The Bertz CT molecular complexity index is 18.5. The van der Waals surface area contributed by atoms with E-state index in [4.69, 9.17) is 0 Å². The van der Waals surface area contributed by atoms with Crippen molar-refractivity contribution in [2.24, 2.45) is 0 Å². The minimum Gasteiger partial charge on any atom is -0.153 e. The van der Waals surface area contributed by atoms with Crippen LogP contribution in [0.1, 0.15) is 53.4 Å². The van der Waals surface area contributed by atoms with E-state index < -0.39 is 0 Å². The Morgan fingerprint density at radius 2 is 1.00 bits per heavy atom. The quantitative estimate of drug-likeness (QED) is 0.527. The van der Waals surface area contributed by atoms with E-state index in [2.05, 4.69) is 27.7 Å². The Morgan fingerprint density at radius 1 is 0.778 bits per heavy atom. The van der Waals surface area contributed by atoms with E-state index in [-0.39, 0.29) is 9.90 Å². The van der Waals surface area contributed by atoms with Gasteiger partial charge in [0, 0.05) is 0 Å². The summed E-state index contributed by atoms with van der Waals surface area (Å²) in [7, 11) is 0. The maximum absolute atomic E-state index is 2.21. The summed E-state index contributed by atoms with van der Waals surface area (Å²) in [6.45, 7) is 8.67. The first-order valence-corrected chi connectivity index (χ1v) is 3.83. The summed E-state index contributed by atoms with van der Waals surface area (Å²) in [6, 6.07) is 0. The number of hydrogen-bond acceptors (Lipinski definition) is 0. The second-order valence-electron chi connectivity index (χ2n) is 2.06. The summed E-state index contributed by atoms with van der Waals surface area (Å²) in [5.41, 5.74) is 0. The lowest BCUT2D eigenvalue weighted by molar-refractivity contribution is 0.772. The third-order valence-corrected chi connectivity index (χ3v) is 0.707. The fourth-order valence-corrected chi connectivity index (χ4v) is 0.354. The Labute approximate surface area is 64.1 Å². The highest BCUT2D eigenvalue weighted by Gasteiger charge is 1.68. The highest BCUT2D eigenvalue weighted by atomic mass is 31.0. The van der Waals surface area contributed by atoms with Gasteiger partial charge in [0.2, 0.25) is 0 Å². The predicted molar refractivity (Wildman–Crippen MR) is 52.3 cm³/mol. The van der Waals surface area contributed by atoms with Gasteiger partial charge in [-0.05, 0) is 0 Å². The Kier molecular flexibility index (Phi) is 42.7. The van der Waals surface area contributed by atoms with Crippen molar-refractivity contribution in [1.82, 2.24) is 0 Å². The molecule has 0 aliphatic heterocycles. The minimum absolute atomic E-state index is 0. The SMILES string of the molecule is CCC.CCCCC.P. The molecule has 0 N–H and O–H groups in total. The molecule has 0 rings (SSSR count). The van der Waals surface area contributed by atoms with Crippen LogP contribution in [0.15, 0.2) is 0 Å². The summed E-state index contributed by atoms with van der Waals surface area (Å²) in [6.07, 6.45) is 5.33. The van der Waals surface area contributed by atoms with Gasteiger partial charge in [-0.25, -0.2) is 0 Å². The number of unbranched alkanes of at least 4 members (excludes halogenated alkanes) is 2. The van der Waals surface area contributed by atoms with Gasteiger partial charge in [-0.2, -0.15) is 9.90 Å². The van der Waals surface area contributed by atoms with Crippen molar-refractivity contribution in [3.8, 4) is 0 Å². The van der Waals surface area contributed by atoms with Crippen LogP contribution in [-0.2, 0) is 0 Å². The zero-order valence-corrected chi connectivity index (χ0v) is 8.95. The Balaban J connectivity index is -0.0000000800. The molecule has 1 unspecified atom stereocenters. The predicted octanol–water partition coefficient (Wildman–Crippen LogP) is 3.67. The van der Waals surface area contributed by atoms with Gasteiger partial charge in [0.05, 0.1) is 0 Å². The summed E-state index contributed by atoms with van der Waals surface area (Å²) in [5.74, 6) is 0. The third-order valence-electron chi connectivity index (χ3n) is 0.707. The summed E-state index contributed by atoms with van der Waals surface area (Å²) in [5, 5.41) is 0. The third kappa shape index (κ3) is 59.0. The van der Waals surface area contributed by atoms with Crippen LogP contribution in [0.5, 0.6) is 0 Å². The van der Waals surface area contributed by atoms with Gasteiger partial charge in [-0.1, -0.05) is 53.4 Å². The molecule has 0 nitrogen and oxygen atoms in total. The molecule has 0 fully saturated rings. The zero-order chi connectivity index (χ0) is 6.83. The molecule has 0 bridgehead atoms. The maximum Gasteiger partial charge on any atom is -0.0538 e. The van der Waals surface area contributed by atoms with E-state index in [1.807, 2.05) is 0 Å². The second kappa shape index (κ2) is 23.7. The molecule has 0 amide bonds. The lowest BCUT2D eigenvalue weighted by atomic mass is 10.3. The van der Waals surface area contributed by atoms with Crippen LogP contribution in [0.3, 0.4) is 0 Å². The summed E-state index contributed by atoms with van der Waals surface area (Å²) >= 11 is 0. The summed E-state index contributed by atoms with van der Waals surface area (Å²) < 4.78 is 0. The molecule has 0 aliphatic carbocycles. The summed E-state index contributed by atoms with van der Waals surface area (Å²) in [4.78, 5) is 0.